The maximum absolute atomic E-state index is 12.7. The van der Waals surface area contributed by atoms with Crippen LogP contribution in [0.25, 0.3) is 0 Å². The summed E-state index contributed by atoms with van der Waals surface area (Å²) in [6.45, 7) is 4.77. The van der Waals surface area contributed by atoms with Crippen molar-refractivity contribution in [1.82, 2.24) is 30.4 Å². The molecule has 0 saturated carbocycles. The molecule has 1 fully saturated rings. The number of amides is 1. The van der Waals surface area contributed by atoms with Gasteiger partial charge in [0.05, 0.1) is 11.9 Å². The largest absolute Gasteiger partial charge is 0.378 e. The van der Waals surface area contributed by atoms with Gasteiger partial charge >= 0.3 is 0 Å². The number of aryl methyl sites for hydroxylation is 1. The molecule has 0 aliphatic carbocycles. The van der Waals surface area contributed by atoms with Crippen LogP contribution in [0, 0.1) is 0 Å². The predicted octanol–water partition coefficient (Wildman–Crippen LogP) is 3.00. The van der Waals surface area contributed by atoms with E-state index in [0.29, 0.717) is 18.7 Å². The topological polar surface area (TPSA) is 96.8 Å². The Kier molecular flexibility index (Phi) is 7.57. The maximum Gasteiger partial charge on any atom is 0.251 e. The van der Waals surface area contributed by atoms with Gasteiger partial charge in [0.2, 0.25) is 0 Å². The van der Waals surface area contributed by atoms with E-state index < -0.39 is 0 Å². The van der Waals surface area contributed by atoms with Gasteiger partial charge in [-0.15, -0.1) is 21.8 Å². The smallest absolute Gasteiger partial charge is 0.251 e. The molecule has 174 valence electrons. The minimum atomic E-state index is -0.113. The SMILES string of the molecule is CCc1cnccc1CNC(=O)c1cccc(NCc2nnc(C3CCNCC3Cl)n2C)c1. The third-order valence-electron chi connectivity index (χ3n) is 6.14. The van der Waals surface area contributed by atoms with Crippen LogP contribution in [0.15, 0.2) is 42.7 Å². The Hall–Kier alpha value is -2.97. The molecular formula is C24H30ClN7O. The van der Waals surface area contributed by atoms with Gasteiger partial charge in [0.15, 0.2) is 5.82 Å². The Morgan fingerprint density at radius 1 is 1.24 bits per heavy atom. The number of pyridine rings is 1. The predicted molar refractivity (Wildman–Crippen MR) is 129 cm³/mol. The molecule has 3 aromatic rings. The summed E-state index contributed by atoms with van der Waals surface area (Å²) in [7, 11) is 1.98. The molecule has 2 unspecified atom stereocenters. The van der Waals surface area contributed by atoms with E-state index in [2.05, 4.69) is 38.1 Å². The number of carbonyl (C=O) groups is 1. The molecule has 0 spiro atoms. The third kappa shape index (κ3) is 5.51. The van der Waals surface area contributed by atoms with Crippen molar-refractivity contribution in [1.29, 1.82) is 0 Å². The van der Waals surface area contributed by atoms with Gasteiger partial charge in [-0.05, 0) is 54.8 Å². The first kappa shape index (κ1) is 23.2. The van der Waals surface area contributed by atoms with E-state index in [1.54, 1.807) is 6.20 Å². The van der Waals surface area contributed by atoms with E-state index in [1.807, 2.05) is 48.1 Å². The second-order valence-corrected chi connectivity index (χ2v) is 8.82. The first-order valence-corrected chi connectivity index (χ1v) is 11.8. The summed E-state index contributed by atoms with van der Waals surface area (Å²) < 4.78 is 2.02. The molecule has 4 rings (SSSR count). The molecule has 2 aromatic heterocycles. The lowest BCUT2D eigenvalue weighted by molar-refractivity contribution is 0.0951. The van der Waals surface area contributed by atoms with E-state index >= 15 is 0 Å². The molecule has 2 atom stereocenters. The van der Waals surface area contributed by atoms with Crippen LogP contribution in [0.4, 0.5) is 5.69 Å². The lowest BCUT2D eigenvalue weighted by Crippen LogP contribution is -2.37. The van der Waals surface area contributed by atoms with Crippen molar-refractivity contribution in [2.24, 2.45) is 7.05 Å². The van der Waals surface area contributed by atoms with Gasteiger partial charge in [0, 0.05) is 49.7 Å². The standard InChI is InChI=1S/C24H30ClN7O/c1-3-16-12-26-9-7-18(16)13-29-24(33)17-5-4-6-19(11-17)28-15-22-30-31-23(32(22)2)20-8-10-27-14-21(20)25/h4-7,9,11-12,20-21,27-28H,3,8,10,13-15H2,1-2H3,(H,29,33). The number of halogens is 1. The Morgan fingerprint density at radius 3 is 2.94 bits per heavy atom. The van der Waals surface area contributed by atoms with Gasteiger partial charge in [-0.1, -0.05) is 13.0 Å². The van der Waals surface area contributed by atoms with Crippen LogP contribution >= 0.6 is 11.6 Å². The zero-order valence-electron chi connectivity index (χ0n) is 19.0. The fraction of sp³-hybridized carbons (Fsp3) is 0.417. The molecule has 3 heterocycles. The van der Waals surface area contributed by atoms with Gasteiger partial charge in [0.1, 0.15) is 5.82 Å². The molecule has 1 aliphatic rings. The highest BCUT2D eigenvalue weighted by Gasteiger charge is 2.29. The second kappa shape index (κ2) is 10.8. The average molecular weight is 468 g/mol. The highest BCUT2D eigenvalue weighted by molar-refractivity contribution is 6.21. The van der Waals surface area contributed by atoms with Crippen LogP contribution < -0.4 is 16.0 Å². The first-order chi connectivity index (χ1) is 16.1. The van der Waals surface area contributed by atoms with Gasteiger partial charge in [0.25, 0.3) is 5.91 Å². The number of carbonyl (C=O) groups excluding carboxylic acids is 1. The van der Waals surface area contributed by atoms with Crippen molar-refractivity contribution in [3.05, 3.63) is 71.1 Å². The van der Waals surface area contributed by atoms with E-state index in [4.69, 9.17) is 11.6 Å². The highest BCUT2D eigenvalue weighted by atomic mass is 35.5. The number of rotatable bonds is 8. The fourth-order valence-corrected chi connectivity index (χ4v) is 4.49. The average Bonchev–Trinajstić information content (AvgIpc) is 3.21. The summed E-state index contributed by atoms with van der Waals surface area (Å²) in [5.74, 6) is 1.83. The van der Waals surface area contributed by atoms with Crippen molar-refractivity contribution in [2.45, 2.75) is 44.1 Å². The molecule has 33 heavy (non-hydrogen) atoms. The van der Waals surface area contributed by atoms with E-state index in [9.17, 15) is 4.79 Å². The van der Waals surface area contributed by atoms with Crippen LogP contribution in [-0.4, -0.2) is 44.1 Å². The number of aromatic nitrogens is 4. The summed E-state index contributed by atoms with van der Waals surface area (Å²) >= 11 is 6.50. The Balaban J connectivity index is 1.37. The maximum atomic E-state index is 12.7. The van der Waals surface area contributed by atoms with Crippen LogP contribution in [0.5, 0.6) is 0 Å². The summed E-state index contributed by atoms with van der Waals surface area (Å²) in [6.07, 6.45) is 5.43. The third-order valence-corrected chi connectivity index (χ3v) is 6.60. The van der Waals surface area contributed by atoms with E-state index in [1.165, 1.54) is 0 Å². The van der Waals surface area contributed by atoms with E-state index in [0.717, 1.165) is 54.4 Å². The summed E-state index contributed by atoms with van der Waals surface area (Å²) in [5.41, 5.74) is 3.68. The lowest BCUT2D eigenvalue weighted by atomic mass is 9.97. The quantitative estimate of drug-likeness (QED) is 0.441. The highest BCUT2D eigenvalue weighted by Crippen LogP contribution is 2.28. The molecule has 1 saturated heterocycles. The fourth-order valence-electron chi connectivity index (χ4n) is 4.14. The lowest BCUT2D eigenvalue weighted by Gasteiger charge is -2.26. The van der Waals surface area contributed by atoms with Crippen molar-refractivity contribution in [3.8, 4) is 0 Å². The van der Waals surface area contributed by atoms with Crippen molar-refractivity contribution in [2.75, 3.05) is 18.4 Å². The molecule has 1 amide bonds. The number of benzene rings is 1. The molecule has 1 aliphatic heterocycles. The normalized spacial score (nSPS) is 18.2. The number of nitrogens with zero attached hydrogens (tertiary/aromatic N) is 4. The Morgan fingerprint density at radius 2 is 2.12 bits per heavy atom. The zero-order valence-corrected chi connectivity index (χ0v) is 19.8. The van der Waals surface area contributed by atoms with Crippen molar-refractivity contribution >= 4 is 23.2 Å². The van der Waals surface area contributed by atoms with Gasteiger partial charge < -0.3 is 20.5 Å². The van der Waals surface area contributed by atoms with Gasteiger partial charge in [-0.25, -0.2) is 0 Å². The summed E-state index contributed by atoms with van der Waals surface area (Å²) in [5, 5.41) is 18.5. The van der Waals surface area contributed by atoms with E-state index in [-0.39, 0.29) is 17.2 Å². The molecular weight excluding hydrogens is 438 g/mol. The van der Waals surface area contributed by atoms with Crippen molar-refractivity contribution in [3.63, 3.8) is 0 Å². The molecule has 1 aromatic carbocycles. The number of anilines is 1. The minimum Gasteiger partial charge on any atom is -0.378 e. The van der Waals surface area contributed by atoms with Crippen LogP contribution in [0.2, 0.25) is 0 Å². The summed E-state index contributed by atoms with van der Waals surface area (Å²) in [6, 6.07) is 9.42. The number of hydrogen-bond donors (Lipinski definition) is 3. The molecule has 3 N–H and O–H groups in total. The number of piperidine rings is 1. The number of nitrogens with one attached hydrogen (secondary N) is 3. The number of hydrogen-bond acceptors (Lipinski definition) is 6. The van der Waals surface area contributed by atoms with Gasteiger partial charge in [-0.3, -0.25) is 9.78 Å². The molecule has 0 bridgehead atoms. The van der Waals surface area contributed by atoms with Crippen molar-refractivity contribution < 1.29 is 4.79 Å². The van der Waals surface area contributed by atoms with Crippen LogP contribution in [-0.2, 0) is 26.6 Å². The molecule has 8 nitrogen and oxygen atoms in total. The zero-order chi connectivity index (χ0) is 23.2. The Bertz CT molecular complexity index is 1100. The second-order valence-electron chi connectivity index (χ2n) is 8.26. The monoisotopic (exact) mass is 467 g/mol. The number of alkyl halides is 1. The first-order valence-electron chi connectivity index (χ1n) is 11.3. The summed E-state index contributed by atoms with van der Waals surface area (Å²) in [4.78, 5) is 16.9. The van der Waals surface area contributed by atoms with Crippen LogP contribution in [0.1, 0.15) is 52.4 Å². The van der Waals surface area contributed by atoms with Crippen LogP contribution in [0.3, 0.4) is 0 Å². The minimum absolute atomic E-state index is 0.0122. The molecule has 0 radical (unpaired) electrons. The Labute approximate surface area is 199 Å². The molecule has 9 heteroatoms. The van der Waals surface area contributed by atoms with Gasteiger partial charge in [-0.2, -0.15) is 0 Å².